The molecule has 1 aromatic rings. The Morgan fingerprint density at radius 2 is 1.69 bits per heavy atom. The van der Waals surface area contributed by atoms with Gasteiger partial charge in [-0.1, -0.05) is 44.2 Å². The van der Waals surface area contributed by atoms with Crippen molar-refractivity contribution >= 4 is 23.7 Å². The number of nitrogens with one attached hydrogen (secondary N) is 2. The van der Waals surface area contributed by atoms with Crippen LogP contribution in [0, 0.1) is 5.92 Å². The van der Waals surface area contributed by atoms with E-state index in [0.29, 0.717) is 25.8 Å². The van der Waals surface area contributed by atoms with Gasteiger partial charge >= 0.3 is 5.97 Å². The Morgan fingerprint density at radius 3 is 2.25 bits per heavy atom. The summed E-state index contributed by atoms with van der Waals surface area (Å²) in [5.74, 6) is -2.35. The summed E-state index contributed by atoms with van der Waals surface area (Å²) in [4.78, 5) is 51.5. The molecular weight excluding hydrogens is 412 g/mol. The van der Waals surface area contributed by atoms with Gasteiger partial charge in [-0.3, -0.25) is 14.4 Å². The van der Waals surface area contributed by atoms with E-state index in [0.717, 1.165) is 5.56 Å². The Hall–Kier alpha value is -2.94. The summed E-state index contributed by atoms with van der Waals surface area (Å²) in [5.41, 5.74) is 6.50. The van der Waals surface area contributed by atoms with Crippen LogP contribution in [-0.2, 0) is 25.6 Å². The van der Waals surface area contributed by atoms with Crippen molar-refractivity contribution in [2.24, 2.45) is 11.7 Å². The van der Waals surface area contributed by atoms with Gasteiger partial charge in [-0.05, 0) is 37.7 Å². The van der Waals surface area contributed by atoms with Crippen LogP contribution >= 0.6 is 0 Å². The van der Waals surface area contributed by atoms with E-state index in [9.17, 15) is 24.3 Å². The first kappa shape index (κ1) is 25.3. The summed E-state index contributed by atoms with van der Waals surface area (Å²) in [6, 6.07) is 5.73. The molecular formula is C23H34N4O5. The summed E-state index contributed by atoms with van der Waals surface area (Å²) in [7, 11) is 0. The summed E-state index contributed by atoms with van der Waals surface area (Å²) in [6.07, 6.45) is 1.58. The number of nitrogens with two attached hydrogens (primary N) is 1. The van der Waals surface area contributed by atoms with Crippen molar-refractivity contribution in [2.45, 2.75) is 70.6 Å². The van der Waals surface area contributed by atoms with Gasteiger partial charge in [0, 0.05) is 13.0 Å². The van der Waals surface area contributed by atoms with Gasteiger partial charge in [0.25, 0.3) is 0 Å². The first-order valence-electron chi connectivity index (χ1n) is 11.0. The van der Waals surface area contributed by atoms with E-state index < -0.39 is 47.9 Å². The van der Waals surface area contributed by atoms with Gasteiger partial charge in [0.15, 0.2) is 0 Å². The summed E-state index contributed by atoms with van der Waals surface area (Å²) >= 11 is 0. The number of rotatable bonds is 10. The molecule has 4 atom stereocenters. The quantitative estimate of drug-likeness (QED) is 0.416. The molecule has 1 aliphatic rings. The Bertz CT molecular complexity index is 812. The Balaban J connectivity index is 2.21. The number of carboxylic acids is 1. The molecule has 4 unspecified atom stereocenters. The maximum atomic E-state index is 13.2. The molecule has 0 bridgehead atoms. The molecule has 0 aromatic heterocycles. The molecule has 1 fully saturated rings. The van der Waals surface area contributed by atoms with Crippen LogP contribution in [0.4, 0.5) is 0 Å². The van der Waals surface area contributed by atoms with Gasteiger partial charge in [0.05, 0.1) is 6.04 Å². The molecule has 2 rings (SSSR count). The number of likely N-dealkylation sites (tertiary alicyclic amines) is 1. The second-order valence-electron chi connectivity index (χ2n) is 8.76. The fourth-order valence-corrected chi connectivity index (χ4v) is 3.81. The molecule has 0 radical (unpaired) electrons. The second kappa shape index (κ2) is 11.6. The number of carbonyl (C=O) groups is 4. The molecule has 9 nitrogen and oxygen atoms in total. The van der Waals surface area contributed by atoms with E-state index >= 15 is 0 Å². The Morgan fingerprint density at radius 1 is 1.06 bits per heavy atom. The molecule has 5 N–H and O–H groups in total. The van der Waals surface area contributed by atoms with Crippen molar-refractivity contribution in [2.75, 3.05) is 6.54 Å². The number of benzene rings is 1. The molecule has 32 heavy (non-hydrogen) atoms. The highest BCUT2D eigenvalue weighted by atomic mass is 16.4. The van der Waals surface area contributed by atoms with Crippen LogP contribution in [0.15, 0.2) is 30.3 Å². The molecule has 1 heterocycles. The van der Waals surface area contributed by atoms with Gasteiger partial charge < -0.3 is 26.4 Å². The number of aliphatic carboxylic acids is 1. The third-order valence-corrected chi connectivity index (χ3v) is 5.47. The lowest BCUT2D eigenvalue weighted by Gasteiger charge is -2.29. The van der Waals surface area contributed by atoms with Crippen LogP contribution in [0.25, 0.3) is 0 Å². The lowest BCUT2D eigenvalue weighted by Crippen LogP contribution is -2.57. The third kappa shape index (κ3) is 7.05. The van der Waals surface area contributed by atoms with Gasteiger partial charge in [0.1, 0.15) is 18.1 Å². The third-order valence-electron chi connectivity index (χ3n) is 5.47. The molecule has 0 aliphatic carbocycles. The molecule has 1 aliphatic heterocycles. The number of amides is 3. The highest BCUT2D eigenvalue weighted by Crippen LogP contribution is 2.20. The standard InChI is InChI=1S/C23H34N4O5/c1-14(2)12-18(22(30)27-11-7-10-19(27)23(31)32)26-21(29)17(25-20(28)15(3)24)13-16-8-5-4-6-9-16/h4-6,8-9,14-15,17-19H,7,10-13,24H2,1-3H3,(H,25,28)(H,26,29)(H,31,32). The van der Waals surface area contributed by atoms with Crippen molar-refractivity contribution < 1.29 is 24.3 Å². The molecule has 1 aromatic carbocycles. The lowest BCUT2D eigenvalue weighted by atomic mass is 10.00. The fourth-order valence-electron chi connectivity index (χ4n) is 3.81. The summed E-state index contributed by atoms with van der Waals surface area (Å²) in [6.45, 7) is 5.71. The highest BCUT2D eigenvalue weighted by molar-refractivity contribution is 5.94. The summed E-state index contributed by atoms with van der Waals surface area (Å²) in [5, 5.41) is 14.9. The fraction of sp³-hybridized carbons (Fsp3) is 0.565. The van der Waals surface area contributed by atoms with E-state index in [-0.39, 0.29) is 12.3 Å². The number of carbonyl (C=O) groups excluding carboxylic acids is 3. The highest BCUT2D eigenvalue weighted by Gasteiger charge is 2.38. The van der Waals surface area contributed by atoms with E-state index in [1.165, 1.54) is 11.8 Å². The van der Waals surface area contributed by atoms with Crippen LogP contribution in [0.2, 0.25) is 0 Å². The zero-order valence-electron chi connectivity index (χ0n) is 18.9. The van der Waals surface area contributed by atoms with Gasteiger partial charge in [-0.2, -0.15) is 0 Å². The van der Waals surface area contributed by atoms with Crippen LogP contribution in [-0.4, -0.2) is 64.4 Å². The minimum absolute atomic E-state index is 0.0846. The molecule has 1 saturated heterocycles. The van der Waals surface area contributed by atoms with Crippen molar-refractivity contribution in [1.82, 2.24) is 15.5 Å². The van der Waals surface area contributed by atoms with Gasteiger partial charge in [-0.25, -0.2) is 4.79 Å². The van der Waals surface area contributed by atoms with E-state index in [1.807, 2.05) is 44.2 Å². The van der Waals surface area contributed by atoms with Crippen LogP contribution < -0.4 is 16.4 Å². The first-order valence-corrected chi connectivity index (χ1v) is 11.0. The predicted octanol–water partition coefficient (Wildman–Crippen LogP) is 0.668. The minimum atomic E-state index is -1.04. The lowest BCUT2D eigenvalue weighted by molar-refractivity contribution is -0.149. The minimum Gasteiger partial charge on any atom is -0.480 e. The summed E-state index contributed by atoms with van der Waals surface area (Å²) < 4.78 is 0. The van der Waals surface area contributed by atoms with E-state index in [1.54, 1.807) is 0 Å². The maximum absolute atomic E-state index is 13.2. The monoisotopic (exact) mass is 446 g/mol. The zero-order chi connectivity index (χ0) is 23.8. The average Bonchev–Trinajstić information content (AvgIpc) is 3.22. The number of hydrogen-bond donors (Lipinski definition) is 4. The normalized spacial score (nSPS) is 18.7. The molecule has 176 valence electrons. The number of hydrogen-bond acceptors (Lipinski definition) is 5. The van der Waals surface area contributed by atoms with Crippen LogP contribution in [0.1, 0.15) is 45.6 Å². The molecule has 9 heteroatoms. The average molecular weight is 447 g/mol. The van der Waals surface area contributed by atoms with Crippen molar-refractivity contribution in [3.8, 4) is 0 Å². The van der Waals surface area contributed by atoms with Crippen LogP contribution in [0.5, 0.6) is 0 Å². The second-order valence-corrected chi connectivity index (χ2v) is 8.76. The Labute approximate surface area is 188 Å². The molecule has 0 saturated carbocycles. The smallest absolute Gasteiger partial charge is 0.326 e. The SMILES string of the molecule is CC(C)CC(NC(=O)C(Cc1ccccc1)NC(=O)C(C)N)C(=O)N1CCCC1C(=O)O. The van der Waals surface area contributed by atoms with Gasteiger partial charge in [-0.15, -0.1) is 0 Å². The first-order chi connectivity index (χ1) is 15.1. The van der Waals surface area contributed by atoms with Crippen LogP contribution in [0.3, 0.4) is 0 Å². The van der Waals surface area contributed by atoms with E-state index in [4.69, 9.17) is 5.73 Å². The predicted molar refractivity (Wildman–Crippen MR) is 119 cm³/mol. The molecule has 0 spiro atoms. The molecule has 3 amide bonds. The van der Waals surface area contributed by atoms with Crippen molar-refractivity contribution in [3.05, 3.63) is 35.9 Å². The van der Waals surface area contributed by atoms with Crippen molar-refractivity contribution in [3.63, 3.8) is 0 Å². The largest absolute Gasteiger partial charge is 0.480 e. The topological polar surface area (TPSA) is 142 Å². The maximum Gasteiger partial charge on any atom is 0.326 e. The zero-order valence-corrected chi connectivity index (χ0v) is 18.9. The Kier molecular flexibility index (Phi) is 9.19. The van der Waals surface area contributed by atoms with Gasteiger partial charge in [0.2, 0.25) is 17.7 Å². The number of nitrogens with zero attached hydrogens (tertiary/aromatic N) is 1. The number of carboxylic acid groups (broad SMARTS) is 1. The van der Waals surface area contributed by atoms with Crippen molar-refractivity contribution in [1.29, 1.82) is 0 Å². The van der Waals surface area contributed by atoms with E-state index in [2.05, 4.69) is 10.6 Å².